The molecule has 6 heteroatoms. The summed E-state index contributed by atoms with van der Waals surface area (Å²) < 4.78 is 12.7. The molecule has 0 atom stereocenters. The first-order valence-electron chi connectivity index (χ1n) is 8.85. The normalized spacial score (nSPS) is 14.8. The summed E-state index contributed by atoms with van der Waals surface area (Å²) in [6, 6.07) is 11.2. The molecule has 0 fully saturated rings. The highest BCUT2D eigenvalue weighted by Crippen LogP contribution is 2.23. The minimum Gasteiger partial charge on any atom is -0.494 e. The summed E-state index contributed by atoms with van der Waals surface area (Å²) in [6.07, 6.45) is 3.73. The molecule has 0 saturated heterocycles. The van der Waals surface area contributed by atoms with Crippen LogP contribution in [0.2, 0.25) is 0 Å². The Morgan fingerprint density at radius 2 is 2.07 bits per heavy atom. The zero-order chi connectivity index (χ0) is 19.4. The van der Waals surface area contributed by atoms with Gasteiger partial charge in [0.15, 0.2) is 5.70 Å². The van der Waals surface area contributed by atoms with E-state index in [9.17, 15) is 4.79 Å². The first kappa shape index (κ1) is 18.5. The average molecular weight is 363 g/mol. The van der Waals surface area contributed by atoms with Gasteiger partial charge in [-0.3, -0.25) is 0 Å². The minimum absolute atomic E-state index is 0.214. The molecule has 1 aliphatic rings. The molecule has 3 rings (SSSR count). The zero-order valence-electron chi connectivity index (χ0n) is 15.7. The van der Waals surface area contributed by atoms with Gasteiger partial charge in [-0.2, -0.15) is 5.26 Å². The first-order chi connectivity index (χ1) is 13.0. The summed E-state index contributed by atoms with van der Waals surface area (Å²) in [7, 11) is 1.81. The summed E-state index contributed by atoms with van der Waals surface area (Å²) in [4.78, 5) is 16.5. The van der Waals surface area contributed by atoms with Crippen LogP contribution in [-0.2, 0) is 16.6 Å². The lowest BCUT2D eigenvalue weighted by Crippen LogP contribution is -2.05. The molecule has 0 amide bonds. The predicted octanol–water partition coefficient (Wildman–Crippen LogP) is 3.73. The van der Waals surface area contributed by atoms with E-state index in [0.29, 0.717) is 17.9 Å². The molecule has 27 heavy (non-hydrogen) atoms. The van der Waals surface area contributed by atoms with E-state index in [2.05, 4.69) is 18.0 Å². The molecule has 0 unspecified atom stereocenters. The summed E-state index contributed by atoms with van der Waals surface area (Å²) >= 11 is 0. The lowest BCUT2D eigenvalue weighted by molar-refractivity contribution is -0.129. The van der Waals surface area contributed by atoms with Crippen LogP contribution in [0.5, 0.6) is 5.75 Å². The fraction of sp³-hybridized carbons (Fsp3) is 0.286. The Labute approximate surface area is 158 Å². The van der Waals surface area contributed by atoms with Gasteiger partial charge in [0.05, 0.1) is 6.61 Å². The van der Waals surface area contributed by atoms with Crippen molar-refractivity contribution >= 4 is 17.9 Å². The maximum atomic E-state index is 12.2. The summed E-state index contributed by atoms with van der Waals surface area (Å²) in [5.41, 5.74) is 3.09. The number of rotatable bonds is 6. The maximum Gasteiger partial charge on any atom is 0.363 e. The monoisotopic (exact) mass is 363 g/mol. The highest BCUT2D eigenvalue weighted by atomic mass is 16.6. The SMILES string of the molecule is CCCCOc1ccc(C2=N/C(=C/c3cc(C#N)n(C)c3C)C(=O)O2)cc1. The van der Waals surface area contributed by atoms with Crippen LogP contribution < -0.4 is 4.74 Å². The van der Waals surface area contributed by atoms with E-state index < -0.39 is 5.97 Å². The van der Waals surface area contributed by atoms with Crippen LogP contribution in [-0.4, -0.2) is 23.0 Å². The number of carbonyl (C=O) groups excluding carboxylic acids is 1. The van der Waals surface area contributed by atoms with Gasteiger partial charge in [-0.25, -0.2) is 9.79 Å². The largest absolute Gasteiger partial charge is 0.494 e. The summed E-state index contributed by atoms with van der Waals surface area (Å²) in [5, 5.41) is 9.13. The van der Waals surface area contributed by atoms with Crippen molar-refractivity contribution in [2.24, 2.45) is 12.0 Å². The fourth-order valence-electron chi connectivity index (χ4n) is 2.68. The number of unbranched alkanes of at least 4 members (excludes halogenated alkanes) is 1. The third kappa shape index (κ3) is 3.93. The van der Waals surface area contributed by atoms with Gasteiger partial charge in [0.2, 0.25) is 5.90 Å². The van der Waals surface area contributed by atoms with Gasteiger partial charge in [-0.1, -0.05) is 13.3 Å². The van der Waals surface area contributed by atoms with Crippen molar-refractivity contribution in [2.45, 2.75) is 26.7 Å². The van der Waals surface area contributed by atoms with Crippen molar-refractivity contribution in [1.82, 2.24) is 4.57 Å². The van der Waals surface area contributed by atoms with Crippen molar-refractivity contribution < 1.29 is 14.3 Å². The number of hydrogen-bond donors (Lipinski definition) is 0. The molecule has 138 valence electrons. The number of cyclic esters (lactones) is 1. The molecular weight excluding hydrogens is 342 g/mol. The van der Waals surface area contributed by atoms with Crippen LogP contribution in [0.15, 0.2) is 41.0 Å². The molecule has 0 N–H and O–H groups in total. The van der Waals surface area contributed by atoms with Crippen LogP contribution >= 0.6 is 0 Å². The van der Waals surface area contributed by atoms with Gasteiger partial charge < -0.3 is 14.0 Å². The molecule has 2 aromatic rings. The number of aromatic nitrogens is 1. The molecule has 6 nitrogen and oxygen atoms in total. The molecular formula is C21H21N3O3. The standard InChI is InChI=1S/C21H21N3O3/c1-4-5-10-26-18-8-6-15(7-9-18)20-23-19(21(25)27-20)12-16-11-17(13-22)24(3)14(16)2/h6-9,11-12H,4-5,10H2,1-3H3/b19-12+. The van der Waals surface area contributed by atoms with Gasteiger partial charge >= 0.3 is 5.97 Å². The van der Waals surface area contributed by atoms with Crippen molar-refractivity contribution in [3.05, 3.63) is 58.5 Å². The third-order valence-electron chi connectivity index (χ3n) is 4.47. The van der Waals surface area contributed by atoms with Gasteiger partial charge in [-0.15, -0.1) is 0 Å². The van der Waals surface area contributed by atoms with Crippen LogP contribution in [0.3, 0.4) is 0 Å². The molecule has 0 aliphatic carbocycles. The Hall–Kier alpha value is -3.33. The molecule has 1 aliphatic heterocycles. The van der Waals surface area contributed by atoms with Crippen LogP contribution in [0, 0.1) is 18.3 Å². The highest BCUT2D eigenvalue weighted by molar-refractivity contribution is 6.12. The van der Waals surface area contributed by atoms with Gasteiger partial charge in [0.1, 0.15) is 17.5 Å². The Kier molecular flexibility index (Phi) is 5.41. The zero-order valence-corrected chi connectivity index (χ0v) is 15.7. The number of nitrogens with zero attached hydrogens (tertiary/aromatic N) is 3. The third-order valence-corrected chi connectivity index (χ3v) is 4.47. The average Bonchev–Trinajstić information content (AvgIpc) is 3.17. The molecule has 0 bridgehead atoms. The summed E-state index contributed by atoms with van der Waals surface area (Å²) in [6.45, 7) is 4.68. The number of aliphatic imine (C=N–C) groups is 1. The summed E-state index contributed by atoms with van der Waals surface area (Å²) in [5.74, 6) is 0.535. The topological polar surface area (TPSA) is 76.6 Å². The maximum absolute atomic E-state index is 12.2. The molecule has 0 saturated carbocycles. The number of ether oxygens (including phenoxy) is 2. The van der Waals surface area contributed by atoms with E-state index in [4.69, 9.17) is 14.7 Å². The Balaban J connectivity index is 1.81. The van der Waals surface area contributed by atoms with E-state index in [1.165, 1.54) is 0 Å². The second-order valence-electron chi connectivity index (χ2n) is 6.30. The fourth-order valence-corrected chi connectivity index (χ4v) is 2.68. The Morgan fingerprint density at radius 3 is 2.70 bits per heavy atom. The van der Waals surface area contributed by atoms with Crippen LogP contribution in [0.1, 0.15) is 42.3 Å². The van der Waals surface area contributed by atoms with E-state index in [1.54, 1.807) is 16.7 Å². The molecule has 0 spiro atoms. The lowest BCUT2D eigenvalue weighted by Gasteiger charge is -2.05. The van der Waals surface area contributed by atoms with E-state index in [0.717, 1.165) is 29.8 Å². The van der Waals surface area contributed by atoms with Crippen molar-refractivity contribution in [1.29, 1.82) is 5.26 Å². The number of esters is 1. The molecule has 0 radical (unpaired) electrons. The smallest absolute Gasteiger partial charge is 0.363 e. The van der Waals surface area contributed by atoms with Crippen molar-refractivity contribution in [3.63, 3.8) is 0 Å². The number of carbonyl (C=O) groups is 1. The van der Waals surface area contributed by atoms with Crippen LogP contribution in [0.4, 0.5) is 0 Å². The first-order valence-corrected chi connectivity index (χ1v) is 8.85. The number of benzene rings is 1. The second-order valence-corrected chi connectivity index (χ2v) is 6.30. The lowest BCUT2D eigenvalue weighted by atomic mass is 10.2. The highest BCUT2D eigenvalue weighted by Gasteiger charge is 2.24. The van der Waals surface area contributed by atoms with E-state index in [1.807, 2.05) is 38.2 Å². The van der Waals surface area contributed by atoms with Crippen LogP contribution in [0.25, 0.3) is 6.08 Å². The second kappa shape index (κ2) is 7.92. The quantitative estimate of drug-likeness (QED) is 0.445. The number of hydrogen-bond acceptors (Lipinski definition) is 5. The van der Waals surface area contributed by atoms with Gasteiger partial charge in [0, 0.05) is 18.3 Å². The predicted molar refractivity (Wildman–Crippen MR) is 102 cm³/mol. The van der Waals surface area contributed by atoms with Crippen molar-refractivity contribution in [2.75, 3.05) is 6.61 Å². The van der Waals surface area contributed by atoms with Gasteiger partial charge in [-0.05, 0) is 55.3 Å². The molecule has 2 heterocycles. The number of nitriles is 1. The van der Waals surface area contributed by atoms with Gasteiger partial charge in [0.25, 0.3) is 0 Å². The molecule has 1 aromatic carbocycles. The Bertz CT molecular complexity index is 960. The Morgan fingerprint density at radius 1 is 1.33 bits per heavy atom. The molecule has 1 aromatic heterocycles. The van der Waals surface area contributed by atoms with Crippen molar-refractivity contribution in [3.8, 4) is 11.8 Å². The van der Waals surface area contributed by atoms with E-state index >= 15 is 0 Å². The van der Waals surface area contributed by atoms with E-state index in [-0.39, 0.29) is 11.6 Å². The minimum atomic E-state index is -0.505.